The van der Waals surface area contributed by atoms with Crippen molar-refractivity contribution >= 4 is 23.2 Å². The van der Waals surface area contributed by atoms with Crippen LogP contribution in [-0.4, -0.2) is 56.9 Å². The highest BCUT2D eigenvalue weighted by atomic mass is 19.1. The van der Waals surface area contributed by atoms with Gasteiger partial charge in [0.25, 0.3) is 5.91 Å². The van der Waals surface area contributed by atoms with Gasteiger partial charge in [0, 0.05) is 29.9 Å². The number of rotatable bonds is 4. The predicted molar refractivity (Wildman–Crippen MR) is 114 cm³/mol. The lowest BCUT2D eigenvalue weighted by Crippen LogP contribution is -2.48. The van der Waals surface area contributed by atoms with E-state index in [0.29, 0.717) is 30.1 Å². The van der Waals surface area contributed by atoms with Crippen molar-refractivity contribution in [3.05, 3.63) is 65.3 Å². The maximum atomic E-state index is 14.7. The fraction of sp³-hybridized carbons (Fsp3) is 0.227. The van der Waals surface area contributed by atoms with Crippen LogP contribution >= 0.6 is 0 Å². The number of nitrogens with one attached hydrogen (secondary N) is 1. The molecule has 1 saturated heterocycles. The molecule has 1 aliphatic rings. The summed E-state index contributed by atoms with van der Waals surface area (Å²) in [7, 11) is 1.30. The number of pyridine rings is 1. The van der Waals surface area contributed by atoms with E-state index in [2.05, 4.69) is 25.3 Å². The second-order valence-corrected chi connectivity index (χ2v) is 7.85. The number of carbonyl (C=O) groups is 2. The molecule has 34 heavy (non-hydrogen) atoms. The molecular formula is C22H18F2N6O4. The molecule has 5 rings (SSSR count). The third-order valence-electron chi connectivity index (χ3n) is 5.68. The minimum atomic E-state index is -0.568. The molecule has 1 aromatic carbocycles. The Kier molecular flexibility index (Phi) is 5.19. The summed E-state index contributed by atoms with van der Waals surface area (Å²) in [4.78, 5) is 30.2. The molecule has 0 spiro atoms. The molecular weight excluding hydrogens is 450 g/mol. The number of likely N-dealkylation sites (tertiary alicyclic amines) is 1. The molecule has 1 fully saturated rings. The monoisotopic (exact) mass is 468 g/mol. The molecule has 0 bridgehead atoms. The average Bonchev–Trinajstić information content (AvgIpc) is 3.42. The van der Waals surface area contributed by atoms with Gasteiger partial charge in [0.2, 0.25) is 11.7 Å². The van der Waals surface area contributed by atoms with Gasteiger partial charge in [-0.2, -0.15) is 10.1 Å². The first-order valence-electron chi connectivity index (χ1n) is 10.3. The number of amides is 2. The van der Waals surface area contributed by atoms with Crippen molar-refractivity contribution in [1.82, 2.24) is 24.7 Å². The van der Waals surface area contributed by atoms with Gasteiger partial charge >= 0.3 is 6.09 Å². The van der Waals surface area contributed by atoms with E-state index in [1.807, 2.05) is 0 Å². The molecule has 0 aliphatic carbocycles. The Hall–Kier alpha value is -4.35. The zero-order valence-electron chi connectivity index (χ0n) is 18.1. The highest BCUT2D eigenvalue weighted by Gasteiger charge is 2.36. The number of fused-ring (bicyclic) bond motifs is 1. The van der Waals surface area contributed by atoms with Gasteiger partial charge in [0.05, 0.1) is 36.5 Å². The van der Waals surface area contributed by atoms with Crippen molar-refractivity contribution in [3.8, 4) is 11.4 Å². The van der Waals surface area contributed by atoms with Gasteiger partial charge in [0.15, 0.2) is 0 Å². The Bertz CT molecular complexity index is 1430. The lowest BCUT2D eigenvalue weighted by atomic mass is 10.0. The van der Waals surface area contributed by atoms with Crippen LogP contribution in [0, 0.1) is 18.6 Å². The van der Waals surface area contributed by atoms with Gasteiger partial charge in [-0.15, -0.1) is 0 Å². The fourth-order valence-electron chi connectivity index (χ4n) is 3.69. The van der Waals surface area contributed by atoms with Crippen molar-refractivity contribution in [2.45, 2.75) is 12.8 Å². The Labute approximate surface area is 191 Å². The number of hydrogen-bond acceptors (Lipinski definition) is 7. The Morgan fingerprint density at radius 2 is 2.03 bits per heavy atom. The van der Waals surface area contributed by atoms with Crippen LogP contribution in [0.5, 0.6) is 0 Å². The summed E-state index contributed by atoms with van der Waals surface area (Å²) in [5, 5.41) is 10.6. The molecule has 0 atom stereocenters. The van der Waals surface area contributed by atoms with E-state index < -0.39 is 23.6 Å². The molecule has 0 saturated carbocycles. The van der Waals surface area contributed by atoms with E-state index in [4.69, 9.17) is 4.52 Å². The second kappa shape index (κ2) is 8.21. The molecule has 4 heterocycles. The molecule has 2 amide bonds. The maximum absolute atomic E-state index is 14.7. The first-order valence-corrected chi connectivity index (χ1v) is 10.3. The molecule has 174 valence electrons. The summed E-state index contributed by atoms with van der Waals surface area (Å²) in [5.74, 6) is -1.27. The number of ether oxygens (including phenoxy) is 1. The number of benzene rings is 1. The van der Waals surface area contributed by atoms with Crippen molar-refractivity contribution in [2.75, 3.05) is 25.5 Å². The minimum Gasteiger partial charge on any atom is -0.453 e. The lowest BCUT2D eigenvalue weighted by molar-refractivity contribution is 0.0804. The highest BCUT2D eigenvalue weighted by molar-refractivity contribution is 6.09. The Morgan fingerprint density at radius 1 is 1.24 bits per heavy atom. The number of carbonyl (C=O) groups excluding carboxylic acids is 2. The lowest BCUT2D eigenvalue weighted by Gasteiger charge is -2.35. The van der Waals surface area contributed by atoms with Crippen LogP contribution in [-0.2, 0) is 4.74 Å². The fourth-order valence-corrected chi connectivity index (χ4v) is 3.69. The summed E-state index contributed by atoms with van der Waals surface area (Å²) < 4.78 is 39.3. The number of hydrogen-bond donors (Lipinski definition) is 1. The van der Waals surface area contributed by atoms with E-state index in [1.54, 1.807) is 0 Å². The van der Waals surface area contributed by atoms with Gasteiger partial charge in [-0.05, 0) is 31.2 Å². The van der Waals surface area contributed by atoms with Crippen molar-refractivity contribution in [1.29, 1.82) is 0 Å². The largest absolute Gasteiger partial charge is 0.453 e. The quantitative estimate of drug-likeness (QED) is 0.488. The second-order valence-electron chi connectivity index (χ2n) is 7.85. The number of anilines is 1. The summed E-state index contributed by atoms with van der Waals surface area (Å²) in [6.07, 6.45) is 2.02. The third kappa shape index (κ3) is 3.72. The van der Waals surface area contributed by atoms with Gasteiger partial charge in [-0.3, -0.25) is 4.79 Å². The Balaban J connectivity index is 1.38. The summed E-state index contributed by atoms with van der Waals surface area (Å²) in [6, 6.07) is 5.44. The predicted octanol–water partition coefficient (Wildman–Crippen LogP) is 3.39. The van der Waals surface area contributed by atoms with Crippen LogP contribution in [0.1, 0.15) is 27.7 Å². The van der Waals surface area contributed by atoms with Crippen LogP contribution in [0.4, 0.5) is 19.3 Å². The molecule has 10 nitrogen and oxygen atoms in total. The number of aromatic nitrogens is 4. The topological polar surface area (TPSA) is 115 Å². The van der Waals surface area contributed by atoms with Crippen LogP contribution in [0.25, 0.3) is 16.9 Å². The Morgan fingerprint density at radius 3 is 2.79 bits per heavy atom. The first kappa shape index (κ1) is 21.5. The number of methoxy groups -OCH3 is 1. The minimum absolute atomic E-state index is 0.143. The summed E-state index contributed by atoms with van der Waals surface area (Å²) in [6.45, 7) is 2.28. The van der Waals surface area contributed by atoms with Crippen LogP contribution < -0.4 is 5.32 Å². The van der Waals surface area contributed by atoms with Gasteiger partial charge < -0.3 is 19.5 Å². The SMILES string of the molecule is COC(=O)N1CC(c2nc(-c3cc(F)c(C)c(NC(=O)c4cnn5cc(F)ccc45)c3)no2)C1. The van der Waals surface area contributed by atoms with E-state index in [0.717, 1.165) is 6.20 Å². The van der Waals surface area contributed by atoms with Gasteiger partial charge in [0.1, 0.15) is 11.6 Å². The van der Waals surface area contributed by atoms with Crippen LogP contribution in [0.15, 0.2) is 41.2 Å². The summed E-state index contributed by atoms with van der Waals surface area (Å²) in [5.41, 5.74) is 1.34. The molecule has 1 aliphatic heterocycles. The average molecular weight is 468 g/mol. The molecule has 3 aromatic heterocycles. The zero-order chi connectivity index (χ0) is 24.0. The van der Waals surface area contributed by atoms with E-state index >= 15 is 0 Å². The standard InChI is InChI=1S/C22H18F2N6O4/c1-11-16(24)5-12(19-27-21(34-28-19)13-8-29(9-13)22(32)33-2)6-17(11)26-20(31)15-7-25-30-10-14(23)3-4-18(15)30/h3-7,10,13H,8-9H2,1-2H3,(H,26,31). The maximum Gasteiger partial charge on any atom is 0.409 e. The number of halogens is 2. The zero-order valence-corrected chi connectivity index (χ0v) is 18.1. The smallest absolute Gasteiger partial charge is 0.409 e. The molecule has 4 aromatic rings. The molecule has 0 unspecified atom stereocenters. The van der Waals surface area contributed by atoms with E-state index in [9.17, 15) is 18.4 Å². The molecule has 12 heteroatoms. The van der Waals surface area contributed by atoms with Crippen molar-refractivity contribution in [3.63, 3.8) is 0 Å². The van der Waals surface area contributed by atoms with Crippen LogP contribution in [0.2, 0.25) is 0 Å². The third-order valence-corrected chi connectivity index (χ3v) is 5.68. The van der Waals surface area contributed by atoms with E-state index in [-0.39, 0.29) is 28.6 Å². The van der Waals surface area contributed by atoms with Gasteiger partial charge in [-0.25, -0.2) is 18.1 Å². The van der Waals surface area contributed by atoms with Crippen molar-refractivity contribution in [2.24, 2.45) is 0 Å². The molecule has 0 radical (unpaired) electrons. The highest BCUT2D eigenvalue weighted by Crippen LogP contribution is 2.30. The van der Waals surface area contributed by atoms with Crippen molar-refractivity contribution < 1.29 is 27.6 Å². The summed E-state index contributed by atoms with van der Waals surface area (Å²) >= 11 is 0. The van der Waals surface area contributed by atoms with E-state index in [1.165, 1.54) is 53.9 Å². The number of nitrogens with zero attached hydrogens (tertiary/aromatic N) is 5. The first-order chi connectivity index (χ1) is 16.3. The van der Waals surface area contributed by atoms with Crippen LogP contribution in [0.3, 0.4) is 0 Å². The normalized spacial score (nSPS) is 13.7. The molecule has 1 N–H and O–H groups in total. The van der Waals surface area contributed by atoms with Gasteiger partial charge in [-0.1, -0.05) is 5.16 Å².